The number of rotatable bonds is 5. The lowest BCUT2D eigenvalue weighted by Crippen LogP contribution is -2.40. The third-order valence-electron chi connectivity index (χ3n) is 1.80. The minimum Gasteiger partial charge on any atom is -0.200 e. The molecule has 0 amide bonds. The molecule has 0 saturated heterocycles. The van der Waals surface area contributed by atoms with Crippen molar-refractivity contribution in [2.45, 2.75) is 26.4 Å². The van der Waals surface area contributed by atoms with Gasteiger partial charge in [-0.25, -0.2) is 0 Å². The lowest BCUT2D eigenvalue weighted by molar-refractivity contribution is 0.451. The molecule has 92 valence electrons. The molecule has 7 heteroatoms. The first-order chi connectivity index (χ1) is 7.31. The predicted octanol–water partition coefficient (Wildman–Crippen LogP) is 2.19. The Hall–Kier alpha value is 0.0500. The molecule has 0 spiro atoms. The first kappa shape index (κ1) is 14.1. The van der Waals surface area contributed by atoms with Crippen LogP contribution in [0.1, 0.15) is 18.7 Å². The molecule has 0 aliphatic heterocycles. The summed E-state index contributed by atoms with van der Waals surface area (Å²) in [4.78, 5) is 1.00. The van der Waals surface area contributed by atoms with Crippen LogP contribution in [0, 0.1) is 0 Å². The summed E-state index contributed by atoms with van der Waals surface area (Å²) >= 11 is 4.87. The van der Waals surface area contributed by atoms with E-state index in [1.54, 1.807) is 20.9 Å². The molecule has 0 bridgehead atoms. The van der Waals surface area contributed by atoms with Crippen LogP contribution in [-0.2, 0) is 16.8 Å². The summed E-state index contributed by atoms with van der Waals surface area (Å²) in [6.45, 7) is 3.98. The van der Waals surface area contributed by atoms with Gasteiger partial charge in [0.05, 0.1) is 0 Å². The van der Waals surface area contributed by atoms with E-state index in [0.717, 1.165) is 9.35 Å². The lowest BCUT2D eigenvalue weighted by Gasteiger charge is -2.18. The fourth-order valence-corrected chi connectivity index (χ4v) is 3.80. The molecule has 1 rings (SSSR count). The quantitative estimate of drug-likeness (QED) is 0.901. The number of halogens is 1. The second-order valence-corrected chi connectivity index (χ2v) is 7.49. The van der Waals surface area contributed by atoms with E-state index in [1.807, 2.05) is 11.4 Å². The van der Waals surface area contributed by atoms with Crippen molar-refractivity contribution in [1.82, 2.24) is 9.03 Å². The Balaban J connectivity index is 2.68. The SMILES string of the molecule is CC(C)NS(=O)(=O)N(C)Cc1cc(Br)cs1. The number of hydrogen-bond donors (Lipinski definition) is 1. The molecule has 1 aromatic heterocycles. The van der Waals surface area contributed by atoms with Gasteiger partial charge < -0.3 is 0 Å². The molecular formula is C9H15BrN2O2S2. The third kappa shape index (κ3) is 4.14. The summed E-state index contributed by atoms with van der Waals surface area (Å²) in [7, 11) is -1.81. The fraction of sp³-hybridized carbons (Fsp3) is 0.556. The van der Waals surface area contributed by atoms with Gasteiger partial charge in [0.15, 0.2) is 0 Å². The Morgan fingerprint density at radius 2 is 2.19 bits per heavy atom. The van der Waals surface area contributed by atoms with Crippen LogP contribution in [-0.4, -0.2) is 25.8 Å². The Morgan fingerprint density at radius 3 is 2.62 bits per heavy atom. The average molecular weight is 327 g/mol. The van der Waals surface area contributed by atoms with E-state index >= 15 is 0 Å². The first-order valence-electron chi connectivity index (χ1n) is 4.78. The van der Waals surface area contributed by atoms with Crippen LogP contribution in [0.25, 0.3) is 0 Å². The van der Waals surface area contributed by atoms with Gasteiger partial charge in [-0.3, -0.25) is 0 Å². The lowest BCUT2D eigenvalue weighted by atomic mass is 10.4. The molecule has 1 N–H and O–H groups in total. The molecule has 0 unspecified atom stereocenters. The van der Waals surface area contributed by atoms with Gasteiger partial charge in [-0.05, 0) is 35.8 Å². The normalized spacial score (nSPS) is 12.6. The first-order valence-corrected chi connectivity index (χ1v) is 7.89. The highest BCUT2D eigenvalue weighted by Gasteiger charge is 2.19. The zero-order chi connectivity index (χ0) is 12.3. The largest absolute Gasteiger partial charge is 0.279 e. The molecule has 16 heavy (non-hydrogen) atoms. The molecule has 0 aliphatic carbocycles. The zero-order valence-electron chi connectivity index (χ0n) is 9.40. The summed E-state index contributed by atoms with van der Waals surface area (Å²) in [5, 5.41) is 1.94. The van der Waals surface area contributed by atoms with Crippen molar-refractivity contribution >= 4 is 37.5 Å². The fourth-order valence-electron chi connectivity index (χ4n) is 1.13. The summed E-state index contributed by atoms with van der Waals surface area (Å²) in [6, 6.07) is 1.83. The average Bonchev–Trinajstić information content (AvgIpc) is 2.48. The maximum atomic E-state index is 11.8. The van der Waals surface area contributed by atoms with Crippen LogP contribution in [0.3, 0.4) is 0 Å². The van der Waals surface area contributed by atoms with Crippen molar-refractivity contribution in [1.29, 1.82) is 0 Å². The number of nitrogens with zero attached hydrogens (tertiary/aromatic N) is 1. The van der Waals surface area contributed by atoms with Gasteiger partial charge in [0.2, 0.25) is 0 Å². The van der Waals surface area contributed by atoms with E-state index in [9.17, 15) is 8.42 Å². The van der Waals surface area contributed by atoms with E-state index in [2.05, 4.69) is 20.7 Å². The van der Waals surface area contributed by atoms with Crippen LogP contribution in [0.4, 0.5) is 0 Å². The third-order valence-corrected chi connectivity index (χ3v) is 5.20. The smallest absolute Gasteiger partial charge is 0.200 e. The zero-order valence-corrected chi connectivity index (χ0v) is 12.6. The summed E-state index contributed by atoms with van der Waals surface area (Å²) in [6.07, 6.45) is 0. The molecule has 0 atom stereocenters. The topological polar surface area (TPSA) is 49.4 Å². The van der Waals surface area contributed by atoms with Gasteiger partial charge in [-0.1, -0.05) is 0 Å². The highest BCUT2D eigenvalue weighted by molar-refractivity contribution is 9.10. The molecule has 0 fully saturated rings. The highest BCUT2D eigenvalue weighted by Crippen LogP contribution is 2.21. The maximum Gasteiger partial charge on any atom is 0.279 e. The van der Waals surface area contributed by atoms with Crippen molar-refractivity contribution in [3.63, 3.8) is 0 Å². The second kappa shape index (κ2) is 5.59. The van der Waals surface area contributed by atoms with E-state index in [0.29, 0.717) is 6.54 Å². The minimum absolute atomic E-state index is 0.0949. The van der Waals surface area contributed by atoms with Gasteiger partial charge >= 0.3 is 0 Å². The van der Waals surface area contributed by atoms with Crippen LogP contribution in [0.2, 0.25) is 0 Å². The standard InChI is InChI=1S/C9H15BrN2O2S2/c1-7(2)11-16(13,14)12(3)5-9-4-8(10)6-15-9/h4,6-7,11H,5H2,1-3H3. The molecular weight excluding hydrogens is 312 g/mol. The number of hydrogen-bond acceptors (Lipinski definition) is 3. The summed E-state index contributed by atoms with van der Waals surface area (Å²) in [5.41, 5.74) is 0. The van der Waals surface area contributed by atoms with E-state index in [1.165, 1.54) is 15.6 Å². The monoisotopic (exact) mass is 326 g/mol. The minimum atomic E-state index is -3.37. The van der Waals surface area contributed by atoms with Gasteiger partial charge in [0, 0.05) is 34.4 Å². The molecule has 1 aromatic rings. The maximum absolute atomic E-state index is 11.8. The van der Waals surface area contributed by atoms with Gasteiger partial charge in [0.1, 0.15) is 0 Å². The van der Waals surface area contributed by atoms with Gasteiger partial charge in [0.25, 0.3) is 10.2 Å². The van der Waals surface area contributed by atoms with Crippen LogP contribution < -0.4 is 4.72 Å². The molecule has 1 heterocycles. The highest BCUT2D eigenvalue weighted by atomic mass is 79.9. The molecule has 0 aromatic carbocycles. The van der Waals surface area contributed by atoms with Gasteiger partial charge in [-0.2, -0.15) is 17.4 Å². The molecule has 0 saturated carbocycles. The van der Waals surface area contributed by atoms with Crippen molar-refractivity contribution in [2.24, 2.45) is 0 Å². The van der Waals surface area contributed by atoms with Crippen molar-refractivity contribution in [3.05, 3.63) is 20.8 Å². The van der Waals surface area contributed by atoms with E-state index in [-0.39, 0.29) is 6.04 Å². The van der Waals surface area contributed by atoms with Crippen molar-refractivity contribution in [3.8, 4) is 0 Å². The Kier molecular flexibility index (Phi) is 4.93. The molecule has 0 aliphatic rings. The molecule has 0 radical (unpaired) electrons. The van der Waals surface area contributed by atoms with Gasteiger partial charge in [-0.15, -0.1) is 11.3 Å². The Labute approximate surface area is 109 Å². The van der Waals surface area contributed by atoms with Crippen LogP contribution in [0.15, 0.2) is 15.9 Å². The molecule has 4 nitrogen and oxygen atoms in total. The summed E-state index contributed by atoms with van der Waals surface area (Å²) < 4.78 is 28.3. The van der Waals surface area contributed by atoms with Crippen LogP contribution in [0.5, 0.6) is 0 Å². The van der Waals surface area contributed by atoms with Crippen molar-refractivity contribution in [2.75, 3.05) is 7.05 Å². The second-order valence-electron chi connectivity index (χ2n) is 3.76. The predicted molar refractivity (Wildman–Crippen MR) is 70.7 cm³/mol. The van der Waals surface area contributed by atoms with E-state index in [4.69, 9.17) is 0 Å². The van der Waals surface area contributed by atoms with E-state index < -0.39 is 10.2 Å². The van der Waals surface area contributed by atoms with Crippen LogP contribution >= 0.6 is 27.3 Å². The Morgan fingerprint density at radius 1 is 1.56 bits per heavy atom. The van der Waals surface area contributed by atoms with Crippen molar-refractivity contribution < 1.29 is 8.42 Å². The Bertz CT molecular complexity index is 442. The number of thiophene rings is 1. The summed E-state index contributed by atoms with van der Waals surface area (Å²) in [5.74, 6) is 0. The number of nitrogens with one attached hydrogen (secondary N) is 1.